The number of rotatable bonds is 5. The number of hydrogen-bond acceptors (Lipinski definition) is 3. The van der Waals surface area contributed by atoms with Gasteiger partial charge in [0.15, 0.2) is 0 Å². The normalized spacial score (nSPS) is 11.9. The lowest BCUT2D eigenvalue weighted by Gasteiger charge is -2.16. The van der Waals surface area contributed by atoms with Crippen LogP contribution in [-0.2, 0) is 6.42 Å². The van der Waals surface area contributed by atoms with Crippen LogP contribution in [-0.4, -0.2) is 16.0 Å². The minimum atomic E-state index is -0.227. The van der Waals surface area contributed by atoms with E-state index < -0.39 is 0 Å². The highest BCUT2D eigenvalue weighted by molar-refractivity contribution is 7.80. The summed E-state index contributed by atoms with van der Waals surface area (Å²) in [7, 11) is 0. The zero-order valence-corrected chi connectivity index (χ0v) is 12.0. The van der Waals surface area contributed by atoms with E-state index in [1.165, 1.54) is 12.1 Å². The standard InChI is InChI=1S/C15H16FN3S/c1-10(9-11-4-6-12(16)7-5-11)19-15-13(14(17)20)3-2-8-18-15/h2-8,10H,9H2,1H3,(H2,17,20)(H,18,19). The van der Waals surface area contributed by atoms with E-state index in [-0.39, 0.29) is 11.9 Å². The summed E-state index contributed by atoms with van der Waals surface area (Å²) in [5, 5.41) is 3.28. The fourth-order valence-electron chi connectivity index (χ4n) is 1.98. The average Bonchev–Trinajstić information content (AvgIpc) is 2.41. The molecular weight excluding hydrogens is 273 g/mol. The summed E-state index contributed by atoms with van der Waals surface area (Å²) >= 11 is 5.00. The van der Waals surface area contributed by atoms with Gasteiger partial charge < -0.3 is 11.1 Å². The molecule has 20 heavy (non-hydrogen) atoms. The third-order valence-corrected chi connectivity index (χ3v) is 3.13. The monoisotopic (exact) mass is 289 g/mol. The lowest BCUT2D eigenvalue weighted by atomic mass is 10.1. The largest absolute Gasteiger partial charge is 0.389 e. The zero-order chi connectivity index (χ0) is 14.5. The summed E-state index contributed by atoms with van der Waals surface area (Å²) in [4.78, 5) is 4.57. The lowest BCUT2D eigenvalue weighted by molar-refractivity contribution is 0.626. The van der Waals surface area contributed by atoms with Gasteiger partial charge in [0.2, 0.25) is 0 Å². The third kappa shape index (κ3) is 3.74. The molecule has 104 valence electrons. The Morgan fingerprint density at radius 1 is 1.35 bits per heavy atom. The number of benzene rings is 1. The van der Waals surface area contributed by atoms with Crippen LogP contribution in [0.3, 0.4) is 0 Å². The minimum absolute atomic E-state index is 0.128. The Morgan fingerprint density at radius 3 is 2.70 bits per heavy atom. The average molecular weight is 289 g/mol. The number of thiocarbonyl (C=S) groups is 1. The molecular formula is C15H16FN3S. The van der Waals surface area contributed by atoms with Gasteiger partial charge >= 0.3 is 0 Å². The highest BCUT2D eigenvalue weighted by atomic mass is 32.1. The van der Waals surface area contributed by atoms with Crippen molar-refractivity contribution in [2.45, 2.75) is 19.4 Å². The fraction of sp³-hybridized carbons (Fsp3) is 0.200. The smallest absolute Gasteiger partial charge is 0.136 e. The Hall–Kier alpha value is -2.01. The van der Waals surface area contributed by atoms with E-state index in [1.807, 2.05) is 13.0 Å². The maximum Gasteiger partial charge on any atom is 0.136 e. The van der Waals surface area contributed by atoms with Crippen LogP contribution >= 0.6 is 12.2 Å². The number of nitrogens with two attached hydrogens (primary N) is 1. The predicted octanol–water partition coefficient (Wildman–Crippen LogP) is 2.90. The van der Waals surface area contributed by atoms with Crippen molar-refractivity contribution in [1.82, 2.24) is 4.98 Å². The quantitative estimate of drug-likeness (QED) is 0.831. The Morgan fingerprint density at radius 2 is 2.05 bits per heavy atom. The van der Waals surface area contributed by atoms with Crippen molar-refractivity contribution in [2.24, 2.45) is 5.73 Å². The third-order valence-electron chi connectivity index (χ3n) is 2.91. The molecule has 0 aliphatic carbocycles. The number of anilines is 1. The van der Waals surface area contributed by atoms with Crippen LogP contribution in [0.15, 0.2) is 42.6 Å². The Bertz CT molecular complexity index is 598. The summed E-state index contributed by atoms with van der Waals surface area (Å²) in [5.74, 6) is 0.449. The summed E-state index contributed by atoms with van der Waals surface area (Å²) in [6.45, 7) is 2.03. The van der Waals surface area contributed by atoms with Crippen molar-refractivity contribution in [3.63, 3.8) is 0 Å². The molecule has 0 radical (unpaired) electrons. The van der Waals surface area contributed by atoms with E-state index in [2.05, 4.69) is 10.3 Å². The second-order valence-corrected chi connectivity index (χ2v) is 5.08. The number of aromatic nitrogens is 1. The lowest BCUT2D eigenvalue weighted by Crippen LogP contribution is -2.22. The van der Waals surface area contributed by atoms with Gasteiger partial charge in [-0.15, -0.1) is 0 Å². The van der Waals surface area contributed by atoms with Gasteiger partial charge in [-0.25, -0.2) is 9.37 Å². The molecule has 3 nitrogen and oxygen atoms in total. The number of nitrogens with one attached hydrogen (secondary N) is 1. The van der Waals surface area contributed by atoms with E-state index in [1.54, 1.807) is 24.4 Å². The molecule has 0 fully saturated rings. The van der Waals surface area contributed by atoms with Crippen LogP contribution < -0.4 is 11.1 Å². The number of pyridine rings is 1. The first-order chi connectivity index (χ1) is 9.56. The summed E-state index contributed by atoms with van der Waals surface area (Å²) in [5.41, 5.74) is 7.45. The molecule has 0 aliphatic rings. The van der Waals surface area contributed by atoms with Gasteiger partial charge in [-0.1, -0.05) is 24.4 Å². The summed E-state index contributed by atoms with van der Waals surface area (Å²) in [6, 6.07) is 10.2. The number of nitrogens with zero attached hydrogens (tertiary/aromatic N) is 1. The molecule has 1 aromatic carbocycles. The van der Waals surface area contributed by atoms with Gasteiger partial charge in [-0.3, -0.25) is 0 Å². The van der Waals surface area contributed by atoms with Gasteiger partial charge in [0.25, 0.3) is 0 Å². The molecule has 0 saturated heterocycles. The summed E-state index contributed by atoms with van der Waals surface area (Å²) in [6.07, 6.45) is 2.45. The Balaban J connectivity index is 2.06. The van der Waals surface area contributed by atoms with Crippen molar-refractivity contribution in [3.05, 3.63) is 59.5 Å². The van der Waals surface area contributed by atoms with Crippen LogP contribution in [0.5, 0.6) is 0 Å². The molecule has 0 saturated carbocycles. The van der Waals surface area contributed by atoms with Gasteiger partial charge in [0.1, 0.15) is 16.6 Å². The van der Waals surface area contributed by atoms with Gasteiger partial charge in [-0.2, -0.15) is 0 Å². The molecule has 3 N–H and O–H groups in total. The molecule has 0 spiro atoms. The molecule has 5 heteroatoms. The molecule has 1 heterocycles. The van der Waals surface area contributed by atoms with Crippen molar-refractivity contribution < 1.29 is 4.39 Å². The second kappa shape index (κ2) is 6.43. The van der Waals surface area contributed by atoms with Crippen LogP contribution in [0.25, 0.3) is 0 Å². The van der Waals surface area contributed by atoms with Crippen LogP contribution in [0, 0.1) is 5.82 Å². The van der Waals surface area contributed by atoms with E-state index in [0.717, 1.165) is 17.5 Å². The maximum atomic E-state index is 12.9. The molecule has 0 aliphatic heterocycles. The van der Waals surface area contributed by atoms with Crippen molar-refractivity contribution >= 4 is 23.0 Å². The van der Waals surface area contributed by atoms with Gasteiger partial charge in [-0.05, 0) is 43.2 Å². The topological polar surface area (TPSA) is 50.9 Å². The first-order valence-electron chi connectivity index (χ1n) is 6.32. The molecule has 1 atom stereocenters. The highest BCUT2D eigenvalue weighted by Crippen LogP contribution is 2.14. The van der Waals surface area contributed by atoms with E-state index in [9.17, 15) is 4.39 Å². The minimum Gasteiger partial charge on any atom is -0.389 e. The van der Waals surface area contributed by atoms with Crippen molar-refractivity contribution in [3.8, 4) is 0 Å². The SMILES string of the molecule is CC(Cc1ccc(F)cc1)Nc1ncccc1C(N)=S. The molecule has 2 rings (SSSR count). The van der Waals surface area contributed by atoms with E-state index >= 15 is 0 Å². The number of hydrogen-bond donors (Lipinski definition) is 2. The molecule has 0 bridgehead atoms. The van der Waals surface area contributed by atoms with Gasteiger partial charge in [0, 0.05) is 12.2 Å². The highest BCUT2D eigenvalue weighted by Gasteiger charge is 2.09. The van der Waals surface area contributed by atoms with Crippen molar-refractivity contribution in [2.75, 3.05) is 5.32 Å². The molecule has 0 amide bonds. The maximum absolute atomic E-state index is 12.9. The second-order valence-electron chi connectivity index (χ2n) is 4.64. The van der Waals surface area contributed by atoms with Gasteiger partial charge in [0.05, 0.1) is 5.56 Å². The summed E-state index contributed by atoms with van der Waals surface area (Å²) < 4.78 is 12.9. The fourth-order valence-corrected chi connectivity index (χ4v) is 2.14. The zero-order valence-electron chi connectivity index (χ0n) is 11.1. The van der Waals surface area contributed by atoms with Crippen LogP contribution in [0.4, 0.5) is 10.2 Å². The van der Waals surface area contributed by atoms with Crippen LogP contribution in [0.1, 0.15) is 18.1 Å². The van der Waals surface area contributed by atoms with E-state index in [0.29, 0.717) is 10.8 Å². The Kier molecular flexibility index (Phi) is 4.63. The molecule has 1 unspecified atom stereocenters. The molecule has 2 aromatic rings. The van der Waals surface area contributed by atoms with E-state index in [4.69, 9.17) is 18.0 Å². The Labute approximate surface area is 123 Å². The first kappa shape index (κ1) is 14.4. The molecule has 1 aromatic heterocycles. The number of halogens is 1. The van der Waals surface area contributed by atoms with Crippen LogP contribution in [0.2, 0.25) is 0 Å². The first-order valence-corrected chi connectivity index (χ1v) is 6.73. The predicted molar refractivity (Wildman–Crippen MR) is 83.3 cm³/mol. The van der Waals surface area contributed by atoms with Crippen molar-refractivity contribution in [1.29, 1.82) is 0 Å².